The highest BCUT2D eigenvalue weighted by Gasteiger charge is 2.35. The van der Waals surface area contributed by atoms with Crippen LogP contribution in [0.1, 0.15) is 18.5 Å². The molecule has 2 heterocycles. The first-order chi connectivity index (χ1) is 18.4. The summed E-state index contributed by atoms with van der Waals surface area (Å²) in [5.41, 5.74) is 2.75. The lowest BCUT2D eigenvalue weighted by Gasteiger charge is -2.28. The van der Waals surface area contributed by atoms with Crippen molar-refractivity contribution in [3.8, 4) is 22.9 Å². The number of nitro benzene ring substituents is 1. The van der Waals surface area contributed by atoms with Crippen molar-refractivity contribution in [2.45, 2.75) is 13.0 Å². The number of para-hydroxylation sites is 2. The van der Waals surface area contributed by atoms with Crippen LogP contribution in [0.2, 0.25) is 0 Å². The number of allylic oxidation sites excluding steroid dienone is 1. The van der Waals surface area contributed by atoms with Gasteiger partial charge in [0.25, 0.3) is 11.6 Å². The number of fused-ring (bicyclic) bond motifs is 1. The van der Waals surface area contributed by atoms with Gasteiger partial charge in [0.1, 0.15) is 17.5 Å². The van der Waals surface area contributed by atoms with Gasteiger partial charge in [0, 0.05) is 23.4 Å². The van der Waals surface area contributed by atoms with Gasteiger partial charge < -0.3 is 20.1 Å². The molecule has 0 radical (unpaired) electrons. The van der Waals surface area contributed by atoms with E-state index in [1.54, 1.807) is 49.0 Å². The molecular formula is C27H24N6O5. The Bertz CT molecular complexity index is 1560. The molecule has 1 atom stereocenters. The van der Waals surface area contributed by atoms with E-state index < -0.39 is 11.0 Å². The Balaban J connectivity index is 1.60. The predicted octanol–water partition coefficient (Wildman–Crippen LogP) is 4.80. The molecule has 0 bridgehead atoms. The number of amides is 1. The van der Waals surface area contributed by atoms with Crippen molar-refractivity contribution in [2.75, 3.05) is 24.9 Å². The molecule has 2 N–H and O–H groups in total. The molecule has 1 aliphatic heterocycles. The summed E-state index contributed by atoms with van der Waals surface area (Å²) in [5.74, 6) is 1.64. The van der Waals surface area contributed by atoms with Gasteiger partial charge in [-0.25, -0.2) is 4.68 Å². The quantitative estimate of drug-likeness (QED) is 0.267. The molecule has 192 valence electrons. The Morgan fingerprint density at radius 1 is 1.05 bits per heavy atom. The van der Waals surface area contributed by atoms with E-state index in [9.17, 15) is 14.9 Å². The molecule has 1 unspecified atom stereocenters. The van der Waals surface area contributed by atoms with E-state index in [1.165, 1.54) is 19.2 Å². The molecule has 1 aromatic heterocycles. The molecular weight excluding hydrogens is 488 g/mol. The second-order valence-corrected chi connectivity index (χ2v) is 8.50. The minimum Gasteiger partial charge on any atom is -0.497 e. The van der Waals surface area contributed by atoms with E-state index in [0.29, 0.717) is 45.8 Å². The molecule has 5 rings (SSSR count). The van der Waals surface area contributed by atoms with Crippen LogP contribution >= 0.6 is 0 Å². The van der Waals surface area contributed by atoms with E-state index in [4.69, 9.17) is 14.6 Å². The van der Waals surface area contributed by atoms with Gasteiger partial charge in [-0.2, -0.15) is 4.98 Å². The normalized spacial score (nSPS) is 14.3. The smallest absolute Gasteiger partial charge is 0.269 e. The van der Waals surface area contributed by atoms with Gasteiger partial charge in [-0.05, 0) is 48.9 Å². The van der Waals surface area contributed by atoms with Crippen LogP contribution in [0.4, 0.5) is 17.3 Å². The number of rotatable bonds is 7. The number of aromatic nitrogens is 3. The lowest BCUT2D eigenvalue weighted by Crippen LogP contribution is -2.31. The zero-order valence-electron chi connectivity index (χ0n) is 20.8. The van der Waals surface area contributed by atoms with Gasteiger partial charge >= 0.3 is 0 Å². The van der Waals surface area contributed by atoms with Crippen molar-refractivity contribution in [2.24, 2.45) is 0 Å². The lowest BCUT2D eigenvalue weighted by atomic mass is 9.95. The van der Waals surface area contributed by atoms with Gasteiger partial charge in [-0.3, -0.25) is 14.9 Å². The van der Waals surface area contributed by atoms with Crippen LogP contribution in [0.5, 0.6) is 11.5 Å². The maximum atomic E-state index is 13.7. The molecule has 0 spiro atoms. The lowest BCUT2D eigenvalue weighted by molar-refractivity contribution is -0.384. The summed E-state index contributed by atoms with van der Waals surface area (Å²) in [4.78, 5) is 29.2. The van der Waals surface area contributed by atoms with Crippen LogP contribution < -0.4 is 20.1 Å². The van der Waals surface area contributed by atoms with Gasteiger partial charge in [-0.1, -0.05) is 24.3 Å². The standard InChI is InChI=1S/C27H24N6O5/c1-16-23(26(34)29-21-9-4-5-10-22(21)38-3)24(17-11-13-19(14-12-17)33(35)36)32-27(28-16)30-25(31-32)18-7-6-8-20(15-18)37-2/h4-15,24H,1-3H3,(H,29,34)(H,28,30,31). The van der Waals surface area contributed by atoms with Crippen LogP contribution in [-0.2, 0) is 4.79 Å². The molecule has 38 heavy (non-hydrogen) atoms. The number of methoxy groups -OCH3 is 2. The summed E-state index contributed by atoms with van der Waals surface area (Å²) in [6.45, 7) is 1.78. The Hall–Kier alpha value is -5.19. The largest absolute Gasteiger partial charge is 0.497 e. The highest BCUT2D eigenvalue weighted by atomic mass is 16.6. The number of non-ortho nitro benzene ring substituents is 1. The fourth-order valence-corrected chi connectivity index (χ4v) is 4.35. The minimum absolute atomic E-state index is 0.0562. The van der Waals surface area contributed by atoms with E-state index in [-0.39, 0.29) is 11.6 Å². The fourth-order valence-electron chi connectivity index (χ4n) is 4.35. The number of nitrogens with zero attached hydrogens (tertiary/aromatic N) is 4. The van der Waals surface area contributed by atoms with Gasteiger partial charge in [0.15, 0.2) is 5.82 Å². The van der Waals surface area contributed by atoms with Crippen molar-refractivity contribution in [3.63, 3.8) is 0 Å². The number of hydrogen-bond acceptors (Lipinski definition) is 8. The highest BCUT2D eigenvalue weighted by molar-refractivity contribution is 6.06. The van der Waals surface area contributed by atoms with Gasteiger partial charge in [0.05, 0.1) is 30.4 Å². The average molecular weight is 513 g/mol. The van der Waals surface area contributed by atoms with Gasteiger partial charge in [0.2, 0.25) is 5.95 Å². The third-order valence-corrected chi connectivity index (χ3v) is 6.20. The van der Waals surface area contributed by atoms with Crippen molar-refractivity contribution in [1.29, 1.82) is 0 Å². The van der Waals surface area contributed by atoms with Crippen LogP contribution in [0.25, 0.3) is 11.4 Å². The summed E-state index contributed by atoms with van der Waals surface area (Å²) in [6.07, 6.45) is 0. The molecule has 0 saturated heterocycles. The number of hydrogen-bond donors (Lipinski definition) is 2. The molecule has 3 aromatic carbocycles. The van der Waals surface area contributed by atoms with Crippen LogP contribution in [-0.4, -0.2) is 39.8 Å². The number of benzene rings is 3. The first kappa shape index (κ1) is 24.5. The Kier molecular flexibility index (Phi) is 6.48. The molecule has 0 saturated carbocycles. The molecule has 0 fully saturated rings. The van der Waals surface area contributed by atoms with Crippen LogP contribution in [0.3, 0.4) is 0 Å². The van der Waals surface area contributed by atoms with Crippen molar-refractivity contribution >= 4 is 23.2 Å². The van der Waals surface area contributed by atoms with E-state index in [2.05, 4.69) is 15.6 Å². The van der Waals surface area contributed by atoms with E-state index in [0.717, 1.165) is 5.56 Å². The second-order valence-electron chi connectivity index (χ2n) is 8.50. The number of nitro groups is 1. The SMILES string of the molecule is COc1cccc(-c2nc3n(n2)C(c2ccc([N+](=O)[O-])cc2)C(C(=O)Nc2ccccc2OC)=C(C)N3)c1. The average Bonchev–Trinajstić information content (AvgIpc) is 3.36. The highest BCUT2D eigenvalue weighted by Crippen LogP contribution is 2.38. The molecule has 11 heteroatoms. The first-order valence-corrected chi connectivity index (χ1v) is 11.7. The molecule has 0 aliphatic carbocycles. The predicted molar refractivity (Wildman–Crippen MR) is 141 cm³/mol. The molecule has 1 aliphatic rings. The van der Waals surface area contributed by atoms with E-state index >= 15 is 0 Å². The number of ether oxygens (including phenoxy) is 2. The molecule has 11 nitrogen and oxygen atoms in total. The Labute approximate surface area is 217 Å². The Morgan fingerprint density at radius 2 is 1.82 bits per heavy atom. The monoisotopic (exact) mass is 512 g/mol. The number of carbonyl (C=O) groups is 1. The van der Waals surface area contributed by atoms with Crippen LogP contribution in [0.15, 0.2) is 84.1 Å². The summed E-state index contributed by atoms with van der Waals surface area (Å²) in [6, 6.07) is 19.8. The van der Waals surface area contributed by atoms with Crippen molar-refractivity contribution in [3.05, 3.63) is 99.7 Å². The van der Waals surface area contributed by atoms with Gasteiger partial charge in [-0.15, -0.1) is 5.10 Å². The molecule has 4 aromatic rings. The maximum Gasteiger partial charge on any atom is 0.269 e. The summed E-state index contributed by atoms with van der Waals surface area (Å²) < 4.78 is 12.3. The molecule has 1 amide bonds. The summed E-state index contributed by atoms with van der Waals surface area (Å²) >= 11 is 0. The Morgan fingerprint density at radius 3 is 2.53 bits per heavy atom. The first-order valence-electron chi connectivity index (χ1n) is 11.7. The zero-order chi connectivity index (χ0) is 26.8. The fraction of sp³-hybridized carbons (Fsp3) is 0.148. The topological polar surface area (TPSA) is 133 Å². The summed E-state index contributed by atoms with van der Waals surface area (Å²) in [7, 11) is 3.11. The number of anilines is 2. The second kappa shape index (κ2) is 10.1. The zero-order valence-corrected chi connectivity index (χ0v) is 20.8. The summed E-state index contributed by atoms with van der Waals surface area (Å²) in [5, 5.41) is 22.1. The van der Waals surface area contributed by atoms with E-state index in [1.807, 2.05) is 30.3 Å². The third-order valence-electron chi connectivity index (χ3n) is 6.20. The van der Waals surface area contributed by atoms with Crippen molar-refractivity contribution < 1.29 is 19.2 Å². The third kappa shape index (κ3) is 4.52. The number of carbonyl (C=O) groups excluding carboxylic acids is 1. The van der Waals surface area contributed by atoms with Crippen molar-refractivity contribution in [1.82, 2.24) is 14.8 Å². The minimum atomic E-state index is -0.714. The number of nitrogens with one attached hydrogen (secondary N) is 2. The maximum absolute atomic E-state index is 13.7. The van der Waals surface area contributed by atoms with Crippen LogP contribution in [0, 0.1) is 10.1 Å².